The molecule has 0 rings (SSSR count). The molecule has 128 valence electrons. The van der Waals surface area contributed by atoms with Crippen LogP contribution in [0.25, 0.3) is 0 Å². The number of aliphatic hydroxyl groups is 3. The smallest absolute Gasteiger partial charge is 0.396 e. The van der Waals surface area contributed by atoms with Gasteiger partial charge in [-0.3, -0.25) is 13.6 Å². The fraction of sp³-hybridized carbons (Fsp3) is 1.00. The van der Waals surface area contributed by atoms with Crippen molar-refractivity contribution in [3.63, 3.8) is 0 Å². The van der Waals surface area contributed by atoms with Crippen molar-refractivity contribution in [2.75, 3.05) is 39.6 Å². The Kier molecular flexibility index (Phi) is 9.38. The maximum atomic E-state index is 12.2. The summed E-state index contributed by atoms with van der Waals surface area (Å²) in [7, 11) is -9.13. The van der Waals surface area contributed by atoms with Crippen LogP contribution in [-0.2, 0) is 27.0 Å². The molecule has 0 aromatic heterocycles. The molecule has 0 aliphatic carbocycles. The summed E-state index contributed by atoms with van der Waals surface area (Å²) >= 11 is 0. The first-order valence-corrected chi connectivity index (χ1v) is 9.08. The summed E-state index contributed by atoms with van der Waals surface area (Å²) in [5.74, 6) is 0. The second-order valence-corrected chi connectivity index (χ2v) is 7.34. The number of hydrogen-bond donors (Lipinski definition) is 4. The molecule has 0 spiro atoms. The van der Waals surface area contributed by atoms with Gasteiger partial charge in [-0.1, -0.05) is 0 Å². The number of hydrogen-bond acceptors (Lipinski definition) is 9. The molecule has 0 aromatic rings. The lowest BCUT2D eigenvalue weighted by molar-refractivity contribution is -0.0337. The van der Waals surface area contributed by atoms with E-state index in [-0.39, 0.29) is 13.2 Å². The van der Waals surface area contributed by atoms with Crippen molar-refractivity contribution in [2.45, 2.75) is 13.8 Å². The van der Waals surface area contributed by atoms with Gasteiger partial charge in [-0.15, -0.1) is 0 Å². The minimum atomic E-state index is -4.65. The Morgan fingerprint density at radius 3 is 1.76 bits per heavy atom. The monoisotopic (exact) mass is 352 g/mol. The summed E-state index contributed by atoms with van der Waals surface area (Å²) in [6.45, 7) is -0.106. The van der Waals surface area contributed by atoms with Gasteiger partial charge in [0.1, 0.15) is 0 Å². The van der Waals surface area contributed by atoms with Gasteiger partial charge >= 0.3 is 15.6 Å². The van der Waals surface area contributed by atoms with Crippen LogP contribution in [0.5, 0.6) is 0 Å². The van der Waals surface area contributed by atoms with Crippen molar-refractivity contribution < 1.29 is 47.2 Å². The molecule has 0 fully saturated rings. The molecule has 0 radical (unpaired) electrons. The lowest BCUT2D eigenvalue weighted by Crippen LogP contribution is -2.38. The normalized spacial score (nSPS) is 18.2. The first-order chi connectivity index (χ1) is 9.72. The number of aliphatic hydroxyl groups excluding tert-OH is 3. The van der Waals surface area contributed by atoms with Gasteiger partial charge in [0.25, 0.3) is 0 Å². The summed E-state index contributed by atoms with van der Waals surface area (Å²) < 4.78 is 41.9. The average Bonchev–Trinajstić information content (AvgIpc) is 2.40. The van der Waals surface area contributed by atoms with Crippen LogP contribution in [0.4, 0.5) is 0 Å². The van der Waals surface area contributed by atoms with Crippen LogP contribution < -0.4 is 0 Å². The van der Waals surface area contributed by atoms with Gasteiger partial charge in [-0.05, 0) is 13.8 Å². The van der Waals surface area contributed by atoms with Gasteiger partial charge < -0.3 is 20.2 Å². The Morgan fingerprint density at radius 1 is 0.905 bits per heavy atom. The third-order valence-electron chi connectivity index (χ3n) is 2.32. The van der Waals surface area contributed by atoms with Crippen LogP contribution in [0.15, 0.2) is 0 Å². The van der Waals surface area contributed by atoms with Gasteiger partial charge in [0.05, 0.1) is 45.1 Å². The second-order valence-electron chi connectivity index (χ2n) is 4.08. The van der Waals surface area contributed by atoms with E-state index in [1.807, 2.05) is 0 Å². The minimum absolute atomic E-state index is 0.159. The molecule has 0 saturated carbocycles. The molecule has 0 amide bonds. The quantitative estimate of drug-likeness (QED) is 0.360. The third kappa shape index (κ3) is 7.30. The minimum Gasteiger partial charge on any atom is -0.396 e. The molecule has 4 N–H and O–H groups in total. The van der Waals surface area contributed by atoms with E-state index in [0.717, 1.165) is 0 Å². The van der Waals surface area contributed by atoms with E-state index < -0.39 is 47.5 Å². The average molecular weight is 352 g/mol. The van der Waals surface area contributed by atoms with Gasteiger partial charge in [0, 0.05) is 0 Å². The van der Waals surface area contributed by atoms with E-state index in [1.54, 1.807) is 0 Å². The number of rotatable bonds is 12. The predicted octanol–water partition coefficient (Wildman–Crippen LogP) is 0.264. The summed E-state index contributed by atoms with van der Waals surface area (Å²) in [4.78, 5) is 9.31. The lowest BCUT2D eigenvalue weighted by Gasteiger charge is -2.28. The molecule has 21 heavy (non-hydrogen) atoms. The predicted molar refractivity (Wildman–Crippen MR) is 71.4 cm³/mol. The maximum Gasteiger partial charge on any atom is 0.483 e. The fourth-order valence-corrected chi connectivity index (χ4v) is 3.78. The van der Waals surface area contributed by atoms with Crippen molar-refractivity contribution in [1.82, 2.24) is 0 Å². The van der Waals surface area contributed by atoms with Gasteiger partial charge in [0.2, 0.25) is 0 Å². The third-order valence-corrected chi connectivity index (χ3v) is 5.55. The number of phosphoric acid groups is 2. The molecule has 0 aliphatic rings. The molecule has 2 atom stereocenters. The second kappa shape index (κ2) is 9.32. The molecule has 2 unspecified atom stereocenters. The molecular formula is C9H22O10P2. The molecule has 0 aliphatic heterocycles. The Hall–Kier alpha value is 0.140. The zero-order chi connectivity index (χ0) is 16.6. The van der Waals surface area contributed by atoms with Crippen molar-refractivity contribution >= 4 is 15.6 Å². The molecule has 0 heterocycles. The van der Waals surface area contributed by atoms with Crippen LogP contribution in [0.3, 0.4) is 0 Å². The molecule has 0 bridgehead atoms. The summed E-state index contributed by atoms with van der Waals surface area (Å²) in [6.07, 6.45) is 0. The maximum absolute atomic E-state index is 12.2. The van der Waals surface area contributed by atoms with Crippen LogP contribution in [-0.4, -0.2) is 59.9 Å². The van der Waals surface area contributed by atoms with E-state index in [9.17, 15) is 14.0 Å². The molecule has 10 nitrogen and oxygen atoms in total. The summed E-state index contributed by atoms with van der Waals surface area (Å²) in [5.41, 5.74) is -1.50. The standard InChI is InChI=1S/C9H22O10P2/c1-3-16-20(13,14)19-21(15,17-4-2)18-8-9(5-10,6-11)7-12/h10-12H,3-8H2,1-2H3,(H,13,14). The van der Waals surface area contributed by atoms with Gasteiger partial charge in [0.15, 0.2) is 0 Å². The van der Waals surface area contributed by atoms with Crippen molar-refractivity contribution in [3.05, 3.63) is 0 Å². The number of phosphoric ester groups is 2. The molecule has 0 saturated heterocycles. The van der Waals surface area contributed by atoms with Crippen molar-refractivity contribution in [2.24, 2.45) is 5.41 Å². The Bertz CT molecular complexity index is 374. The topological polar surface area (TPSA) is 152 Å². The summed E-state index contributed by atoms with van der Waals surface area (Å²) in [6, 6.07) is 0. The highest BCUT2D eigenvalue weighted by Crippen LogP contribution is 2.63. The lowest BCUT2D eigenvalue weighted by atomic mass is 9.93. The first-order valence-electron chi connectivity index (χ1n) is 6.12. The van der Waals surface area contributed by atoms with E-state index in [1.165, 1.54) is 13.8 Å². The Balaban J connectivity index is 4.97. The highest BCUT2D eigenvalue weighted by Gasteiger charge is 2.40. The van der Waals surface area contributed by atoms with Crippen LogP contribution in [0, 0.1) is 5.41 Å². The van der Waals surface area contributed by atoms with Crippen LogP contribution in [0.1, 0.15) is 13.8 Å². The fourth-order valence-electron chi connectivity index (χ4n) is 1.06. The molecule has 0 aromatic carbocycles. The first kappa shape index (κ1) is 21.1. The molecular weight excluding hydrogens is 330 g/mol. The van der Waals surface area contributed by atoms with Crippen LogP contribution >= 0.6 is 15.6 Å². The van der Waals surface area contributed by atoms with E-state index in [4.69, 9.17) is 24.4 Å². The van der Waals surface area contributed by atoms with Crippen LogP contribution in [0.2, 0.25) is 0 Å². The highest BCUT2D eigenvalue weighted by atomic mass is 31.3. The van der Waals surface area contributed by atoms with Gasteiger partial charge in [-0.25, -0.2) is 9.13 Å². The van der Waals surface area contributed by atoms with E-state index >= 15 is 0 Å². The largest absolute Gasteiger partial charge is 0.483 e. The Labute approximate surface area is 122 Å². The highest BCUT2D eigenvalue weighted by molar-refractivity contribution is 7.61. The Morgan fingerprint density at radius 2 is 1.38 bits per heavy atom. The summed E-state index contributed by atoms with van der Waals surface area (Å²) in [5, 5.41) is 27.4. The van der Waals surface area contributed by atoms with Gasteiger partial charge in [-0.2, -0.15) is 4.31 Å². The van der Waals surface area contributed by atoms with E-state index in [2.05, 4.69) is 8.83 Å². The van der Waals surface area contributed by atoms with E-state index in [0.29, 0.717) is 0 Å². The SMILES string of the molecule is CCOP(=O)(O)OP(=O)(OCC)OCC(CO)(CO)CO. The van der Waals surface area contributed by atoms with Crippen molar-refractivity contribution in [1.29, 1.82) is 0 Å². The zero-order valence-electron chi connectivity index (χ0n) is 11.9. The molecule has 12 heteroatoms. The van der Waals surface area contributed by atoms with Crippen molar-refractivity contribution in [3.8, 4) is 0 Å². The zero-order valence-corrected chi connectivity index (χ0v) is 13.7.